The molecule has 0 radical (unpaired) electrons. The summed E-state index contributed by atoms with van der Waals surface area (Å²) in [5, 5.41) is 2.43. The van der Waals surface area contributed by atoms with Crippen molar-refractivity contribution in [3.8, 4) is 0 Å². The maximum atomic E-state index is 12.9. The predicted molar refractivity (Wildman–Crippen MR) is 63.5 cm³/mol. The molecule has 0 fully saturated rings. The van der Waals surface area contributed by atoms with Crippen LogP contribution >= 0.6 is 12.6 Å². The maximum absolute atomic E-state index is 12.9. The largest absolute Gasteiger partial charge is 0.444 e. The highest BCUT2D eigenvalue weighted by molar-refractivity contribution is 7.80. The molecule has 88 valence electrons. The molecule has 0 bridgehead atoms. The lowest BCUT2D eigenvalue weighted by molar-refractivity contribution is 0.0635. The number of carbonyl (C=O) groups is 1. The molecule has 0 atom stereocenters. The van der Waals surface area contributed by atoms with Gasteiger partial charge in [0.1, 0.15) is 11.4 Å². The topological polar surface area (TPSA) is 38.3 Å². The molecule has 1 rings (SSSR count). The molecule has 0 spiro atoms. The van der Waals surface area contributed by atoms with Gasteiger partial charge in [-0.1, -0.05) is 0 Å². The lowest BCUT2D eigenvalue weighted by Gasteiger charge is -2.20. The van der Waals surface area contributed by atoms with Gasteiger partial charge >= 0.3 is 6.09 Å². The van der Waals surface area contributed by atoms with E-state index in [1.807, 2.05) is 0 Å². The third-order valence-electron chi connectivity index (χ3n) is 1.59. The number of hydrogen-bond acceptors (Lipinski definition) is 3. The minimum absolute atomic E-state index is 0.289. The number of ether oxygens (including phenoxy) is 1. The van der Waals surface area contributed by atoms with Gasteiger partial charge in [0.2, 0.25) is 0 Å². The molecule has 1 amide bonds. The van der Waals surface area contributed by atoms with Gasteiger partial charge in [-0.15, -0.1) is 12.6 Å². The molecule has 0 aliphatic heterocycles. The maximum Gasteiger partial charge on any atom is 0.412 e. The first kappa shape index (κ1) is 12.8. The van der Waals surface area contributed by atoms with Gasteiger partial charge in [0, 0.05) is 4.90 Å². The Morgan fingerprint density at radius 1 is 1.44 bits per heavy atom. The Balaban J connectivity index is 2.73. The molecule has 0 saturated carbocycles. The van der Waals surface area contributed by atoms with Crippen molar-refractivity contribution < 1.29 is 13.9 Å². The summed E-state index contributed by atoms with van der Waals surface area (Å²) in [6.07, 6.45) is -0.631. The van der Waals surface area contributed by atoms with Crippen LogP contribution in [0.25, 0.3) is 0 Å². The molecule has 1 aromatic rings. The van der Waals surface area contributed by atoms with Crippen molar-refractivity contribution in [1.29, 1.82) is 0 Å². The summed E-state index contributed by atoms with van der Waals surface area (Å²) in [5.74, 6) is -0.441. The van der Waals surface area contributed by atoms with Crippen LogP contribution in [-0.2, 0) is 4.74 Å². The van der Waals surface area contributed by atoms with Crippen LogP contribution in [0.15, 0.2) is 23.1 Å². The number of anilines is 1. The minimum atomic E-state index is -0.631. The van der Waals surface area contributed by atoms with Crippen LogP contribution in [0.3, 0.4) is 0 Å². The predicted octanol–water partition coefficient (Wildman–Crippen LogP) is 3.46. The lowest BCUT2D eigenvalue weighted by atomic mass is 10.2. The number of hydrogen-bond donors (Lipinski definition) is 2. The third kappa shape index (κ3) is 4.10. The number of halogens is 1. The van der Waals surface area contributed by atoms with E-state index in [1.54, 1.807) is 20.8 Å². The van der Waals surface area contributed by atoms with E-state index in [4.69, 9.17) is 4.74 Å². The van der Waals surface area contributed by atoms with Crippen LogP contribution in [-0.4, -0.2) is 11.7 Å². The van der Waals surface area contributed by atoms with E-state index in [9.17, 15) is 9.18 Å². The molecule has 0 heterocycles. The fourth-order valence-corrected chi connectivity index (χ4v) is 1.22. The molecule has 0 aliphatic carbocycles. The Hall–Kier alpha value is -1.23. The summed E-state index contributed by atoms with van der Waals surface area (Å²) in [7, 11) is 0. The van der Waals surface area contributed by atoms with Crippen molar-refractivity contribution in [2.45, 2.75) is 31.3 Å². The van der Waals surface area contributed by atoms with Crippen molar-refractivity contribution >= 4 is 24.4 Å². The van der Waals surface area contributed by atoms with Gasteiger partial charge in [0.25, 0.3) is 0 Å². The highest BCUT2D eigenvalue weighted by Crippen LogP contribution is 2.21. The number of benzene rings is 1. The summed E-state index contributed by atoms with van der Waals surface area (Å²) < 4.78 is 17.9. The molecule has 5 heteroatoms. The zero-order chi connectivity index (χ0) is 12.3. The van der Waals surface area contributed by atoms with Gasteiger partial charge in [-0.3, -0.25) is 5.32 Å². The first-order valence-electron chi connectivity index (χ1n) is 4.76. The highest BCUT2D eigenvalue weighted by atomic mass is 32.1. The summed E-state index contributed by atoms with van der Waals surface area (Å²) in [6.45, 7) is 5.25. The highest BCUT2D eigenvalue weighted by Gasteiger charge is 2.16. The Labute approximate surface area is 99.4 Å². The van der Waals surface area contributed by atoms with E-state index < -0.39 is 17.5 Å². The zero-order valence-electron chi connectivity index (χ0n) is 9.37. The summed E-state index contributed by atoms with van der Waals surface area (Å²) in [4.78, 5) is 11.9. The van der Waals surface area contributed by atoms with E-state index in [0.717, 1.165) is 0 Å². The van der Waals surface area contributed by atoms with E-state index in [-0.39, 0.29) is 5.69 Å². The van der Waals surface area contributed by atoms with Gasteiger partial charge < -0.3 is 4.74 Å². The second-order valence-electron chi connectivity index (χ2n) is 4.29. The average molecular weight is 243 g/mol. The first-order valence-corrected chi connectivity index (χ1v) is 5.21. The van der Waals surface area contributed by atoms with Crippen molar-refractivity contribution in [2.75, 3.05) is 5.32 Å². The molecule has 1 N–H and O–H groups in total. The Bertz CT molecular complexity index is 401. The average Bonchev–Trinajstić information content (AvgIpc) is 2.08. The molecule has 0 aliphatic rings. The van der Waals surface area contributed by atoms with Crippen molar-refractivity contribution in [3.05, 3.63) is 24.0 Å². The molecule has 16 heavy (non-hydrogen) atoms. The molecular weight excluding hydrogens is 229 g/mol. The summed E-state index contributed by atoms with van der Waals surface area (Å²) in [6, 6.07) is 3.92. The molecule has 0 aromatic heterocycles. The SMILES string of the molecule is CC(C)(C)OC(=O)Nc1cc(F)ccc1S. The van der Waals surface area contributed by atoms with Crippen LogP contribution in [0.1, 0.15) is 20.8 Å². The smallest absolute Gasteiger partial charge is 0.412 e. The van der Waals surface area contributed by atoms with Crippen LogP contribution in [0, 0.1) is 5.82 Å². The molecular formula is C11H14FNO2S. The Kier molecular flexibility index (Phi) is 3.80. The normalized spacial score (nSPS) is 11.1. The van der Waals surface area contributed by atoms with Crippen LogP contribution in [0.5, 0.6) is 0 Å². The number of thiol groups is 1. The molecule has 1 aromatic carbocycles. The number of rotatable bonds is 1. The summed E-state index contributed by atoms with van der Waals surface area (Å²) >= 11 is 4.09. The quantitative estimate of drug-likeness (QED) is 0.741. The number of amides is 1. The van der Waals surface area contributed by atoms with Crippen molar-refractivity contribution in [3.63, 3.8) is 0 Å². The monoisotopic (exact) mass is 243 g/mol. The van der Waals surface area contributed by atoms with E-state index in [0.29, 0.717) is 4.90 Å². The van der Waals surface area contributed by atoms with Gasteiger partial charge in [-0.05, 0) is 39.0 Å². The fraction of sp³-hybridized carbons (Fsp3) is 0.364. The standard InChI is InChI=1S/C11H14FNO2S/c1-11(2,3)15-10(14)13-8-6-7(12)4-5-9(8)16/h4-6,16H,1-3H3,(H,13,14). The second-order valence-corrected chi connectivity index (χ2v) is 4.77. The van der Waals surface area contributed by atoms with E-state index in [2.05, 4.69) is 17.9 Å². The van der Waals surface area contributed by atoms with Gasteiger partial charge in [-0.2, -0.15) is 0 Å². The molecule has 0 saturated heterocycles. The number of carbonyl (C=O) groups excluding carboxylic acids is 1. The van der Waals surface area contributed by atoms with E-state index in [1.165, 1.54) is 18.2 Å². The van der Waals surface area contributed by atoms with Crippen molar-refractivity contribution in [2.24, 2.45) is 0 Å². The van der Waals surface area contributed by atoms with Crippen LogP contribution in [0.2, 0.25) is 0 Å². The van der Waals surface area contributed by atoms with Gasteiger partial charge in [0.05, 0.1) is 5.69 Å². The summed E-state index contributed by atoms with van der Waals surface area (Å²) in [5.41, 5.74) is -0.300. The Morgan fingerprint density at radius 3 is 2.62 bits per heavy atom. The zero-order valence-corrected chi connectivity index (χ0v) is 10.3. The first-order chi connectivity index (χ1) is 7.28. The van der Waals surface area contributed by atoms with Crippen LogP contribution < -0.4 is 5.32 Å². The lowest BCUT2D eigenvalue weighted by Crippen LogP contribution is -2.27. The minimum Gasteiger partial charge on any atom is -0.444 e. The fourth-order valence-electron chi connectivity index (χ4n) is 1.02. The molecule has 3 nitrogen and oxygen atoms in total. The second kappa shape index (κ2) is 4.74. The van der Waals surface area contributed by atoms with Gasteiger partial charge in [0.15, 0.2) is 0 Å². The third-order valence-corrected chi connectivity index (χ3v) is 1.98. The van der Waals surface area contributed by atoms with Gasteiger partial charge in [-0.25, -0.2) is 9.18 Å². The Morgan fingerprint density at radius 2 is 2.06 bits per heavy atom. The van der Waals surface area contributed by atoms with E-state index >= 15 is 0 Å². The number of nitrogens with one attached hydrogen (secondary N) is 1. The molecule has 0 unspecified atom stereocenters. The van der Waals surface area contributed by atoms with Crippen molar-refractivity contribution in [1.82, 2.24) is 0 Å². The van der Waals surface area contributed by atoms with Crippen LogP contribution in [0.4, 0.5) is 14.9 Å².